The Morgan fingerprint density at radius 3 is 2.37 bits per heavy atom. The number of carboxylic acids is 1. The van der Waals surface area contributed by atoms with Gasteiger partial charge in [0.2, 0.25) is 5.91 Å². The molecule has 2 atom stereocenters. The van der Waals surface area contributed by atoms with Crippen molar-refractivity contribution in [2.24, 2.45) is 0 Å². The number of rotatable bonds is 6. The third-order valence-electron chi connectivity index (χ3n) is 2.55. The van der Waals surface area contributed by atoms with Crippen LogP contribution in [-0.4, -0.2) is 33.0 Å². The molecular weight excluding hydrogens is 266 g/mol. The molecule has 0 aromatic heterocycles. The average Bonchev–Trinajstić information content (AvgIpc) is 2.37. The van der Waals surface area contributed by atoms with Crippen molar-refractivity contribution >= 4 is 22.7 Å². The fourth-order valence-electron chi connectivity index (χ4n) is 1.54. The van der Waals surface area contributed by atoms with Crippen molar-refractivity contribution in [2.75, 3.05) is 6.54 Å². The second-order valence-electron chi connectivity index (χ2n) is 4.05. The van der Waals surface area contributed by atoms with Crippen LogP contribution in [0.5, 0.6) is 0 Å². The molecule has 0 saturated carbocycles. The van der Waals surface area contributed by atoms with Gasteiger partial charge in [-0.3, -0.25) is 13.8 Å². The summed E-state index contributed by atoms with van der Waals surface area (Å²) in [5.74, 6) is -1.17. The smallest absolute Gasteiger partial charge is 0.307 e. The monoisotopic (exact) mass is 283 g/mol. The lowest BCUT2D eigenvalue weighted by Crippen LogP contribution is -2.35. The molecule has 0 aliphatic heterocycles. The Bertz CT molecular complexity index is 484. The van der Waals surface area contributed by atoms with Crippen molar-refractivity contribution in [2.45, 2.75) is 30.4 Å². The molecule has 0 spiro atoms. The van der Waals surface area contributed by atoms with Crippen molar-refractivity contribution in [3.8, 4) is 0 Å². The highest BCUT2D eigenvalue weighted by atomic mass is 32.2. The summed E-state index contributed by atoms with van der Waals surface area (Å²) < 4.78 is 12.1. The van der Waals surface area contributed by atoms with Gasteiger partial charge < -0.3 is 10.4 Å². The van der Waals surface area contributed by atoms with E-state index in [1.165, 1.54) is 0 Å². The van der Waals surface area contributed by atoms with Gasteiger partial charge in [0.15, 0.2) is 0 Å². The largest absolute Gasteiger partial charge is 0.481 e. The minimum absolute atomic E-state index is 0.0706. The zero-order chi connectivity index (χ0) is 14.4. The van der Waals surface area contributed by atoms with Gasteiger partial charge in [0.1, 0.15) is 5.25 Å². The Balaban J connectivity index is 2.77. The van der Waals surface area contributed by atoms with Gasteiger partial charge in [0.25, 0.3) is 0 Å². The van der Waals surface area contributed by atoms with Crippen molar-refractivity contribution in [3.63, 3.8) is 0 Å². The molecule has 0 bridgehead atoms. The fourth-order valence-corrected chi connectivity index (χ4v) is 2.63. The van der Waals surface area contributed by atoms with Crippen molar-refractivity contribution in [1.29, 1.82) is 0 Å². The first kappa shape index (κ1) is 15.4. The van der Waals surface area contributed by atoms with E-state index in [2.05, 4.69) is 5.32 Å². The lowest BCUT2D eigenvalue weighted by molar-refractivity contribution is -0.136. The molecule has 1 rings (SSSR count). The first-order chi connectivity index (χ1) is 8.95. The highest BCUT2D eigenvalue weighted by Gasteiger charge is 2.20. The summed E-state index contributed by atoms with van der Waals surface area (Å²) in [6, 6.07) is 6.44. The Morgan fingerprint density at radius 1 is 1.32 bits per heavy atom. The van der Waals surface area contributed by atoms with Gasteiger partial charge in [-0.15, -0.1) is 0 Å². The van der Waals surface area contributed by atoms with E-state index in [1.807, 2.05) is 0 Å². The minimum atomic E-state index is -1.44. The number of carbonyl (C=O) groups is 2. The number of carboxylic acid groups (broad SMARTS) is 1. The van der Waals surface area contributed by atoms with Crippen LogP contribution < -0.4 is 5.32 Å². The normalized spacial score (nSPS) is 13.6. The summed E-state index contributed by atoms with van der Waals surface area (Å²) >= 11 is 0. The molecule has 104 valence electrons. The predicted molar refractivity (Wildman–Crippen MR) is 72.3 cm³/mol. The Kier molecular flexibility index (Phi) is 5.69. The molecule has 1 aromatic carbocycles. The maximum atomic E-state index is 12.1. The van der Waals surface area contributed by atoms with Gasteiger partial charge in [0, 0.05) is 11.4 Å². The molecule has 0 aliphatic carbocycles. The topological polar surface area (TPSA) is 83.5 Å². The fraction of sp³-hybridized carbons (Fsp3) is 0.385. The molecule has 0 fully saturated rings. The van der Waals surface area contributed by atoms with Crippen LogP contribution in [0.4, 0.5) is 0 Å². The first-order valence-corrected chi connectivity index (χ1v) is 7.16. The van der Waals surface area contributed by atoms with Crippen molar-refractivity contribution < 1.29 is 18.9 Å². The van der Waals surface area contributed by atoms with Crippen molar-refractivity contribution in [3.05, 3.63) is 29.8 Å². The van der Waals surface area contributed by atoms with E-state index in [0.717, 1.165) is 0 Å². The number of carbonyl (C=O) groups excluding carboxylic acids is 1. The molecule has 6 heteroatoms. The van der Waals surface area contributed by atoms with Gasteiger partial charge in [-0.05, 0) is 31.5 Å². The highest BCUT2D eigenvalue weighted by molar-refractivity contribution is 7.86. The molecule has 2 unspecified atom stereocenters. The Labute approximate surface area is 114 Å². The van der Waals surface area contributed by atoms with Gasteiger partial charge >= 0.3 is 5.97 Å². The summed E-state index contributed by atoms with van der Waals surface area (Å²) in [4.78, 5) is 22.7. The van der Waals surface area contributed by atoms with Crippen LogP contribution in [0.25, 0.3) is 0 Å². The van der Waals surface area contributed by atoms with Crippen LogP contribution in [0.1, 0.15) is 19.4 Å². The summed E-state index contributed by atoms with van der Waals surface area (Å²) in [6.07, 6.45) is -0.0706. The van der Waals surface area contributed by atoms with Gasteiger partial charge in [-0.2, -0.15) is 0 Å². The number of nitrogens with one attached hydrogen (secondary N) is 1. The zero-order valence-corrected chi connectivity index (χ0v) is 11.7. The van der Waals surface area contributed by atoms with E-state index in [-0.39, 0.29) is 12.3 Å². The second kappa shape index (κ2) is 7.04. The second-order valence-corrected chi connectivity index (χ2v) is 5.82. The molecular formula is C13H17NO4S. The van der Waals surface area contributed by atoms with Gasteiger partial charge in [0.05, 0.1) is 17.2 Å². The predicted octanol–water partition coefficient (Wildman–Crippen LogP) is 0.946. The maximum absolute atomic E-state index is 12.1. The van der Waals surface area contributed by atoms with Crippen LogP contribution >= 0.6 is 0 Å². The number of aliphatic carboxylic acids is 1. The Hall–Kier alpha value is -1.69. The summed E-state index contributed by atoms with van der Waals surface area (Å²) in [5.41, 5.74) is 0.638. The number of hydrogen-bond acceptors (Lipinski definition) is 3. The SMILES string of the molecule is CCNC(=O)C(C)S(=O)c1ccc(CC(=O)O)cc1. The van der Waals surface area contributed by atoms with Gasteiger partial charge in [-0.25, -0.2) is 0 Å². The molecule has 1 amide bonds. The van der Waals surface area contributed by atoms with E-state index in [4.69, 9.17) is 5.11 Å². The summed E-state index contributed by atoms with van der Waals surface area (Å²) in [6.45, 7) is 3.90. The van der Waals surface area contributed by atoms with Crippen LogP contribution in [0.15, 0.2) is 29.2 Å². The zero-order valence-electron chi connectivity index (χ0n) is 10.9. The maximum Gasteiger partial charge on any atom is 0.307 e. The van der Waals surface area contributed by atoms with E-state index in [9.17, 15) is 13.8 Å². The third kappa shape index (κ3) is 4.48. The standard InChI is InChI=1S/C13H17NO4S/c1-3-14-13(17)9(2)19(18)11-6-4-10(5-7-11)8-12(15)16/h4-7,9H,3,8H2,1-2H3,(H,14,17)(H,15,16). The lowest BCUT2D eigenvalue weighted by Gasteiger charge is -2.11. The van der Waals surface area contributed by atoms with Crippen LogP contribution in [-0.2, 0) is 26.8 Å². The number of amides is 1. The molecule has 2 N–H and O–H groups in total. The van der Waals surface area contributed by atoms with E-state index < -0.39 is 22.0 Å². The van der Waals surface area contributed by atoms with E-state index in [1.54, 1.807) is 38.1 Å². The lowest BCUT2D eigenvalue weighted by atomic mass is 10.2. The molecule has 19 heavy (non-hydrogen) atoms. The first-order valence-electron chi connectivity index (χ1n) is 5.94. The van der Waals surface area contributed by atoms with E-state index >= 15 is 0 Å². The summed E-state index contributed by atoms with van der Waals surface area (Å²) in [7, 11) is -1.44. The molecule has 5 nitrogen and oxygen atoms in total. The summed E-state index contributed by atoms with van der Waals surface area (Å²) in [5, 5.41) is 10.6. The quantitative estimate of drug-likeness (QED) is 0.814. The van der Waals surface area contributed by atoms with Crippen LogP contribution in [0, 0.1) is 0 Å². The van der Waals surface area contributed by atoms with Crippen LogP contribution in [0.2, 0.25) is 0 Å². The minimum Gasteiger partial charge on any atom is -0.481 e. The number of benzene rings is 1. The number of hydrogen-bond donors (Lipinski definition) is 2. The van der Waals surface area contributed by atoms with Crippen molar-refractivity contribution in [1.82, 2.24) is 5.32 Å². The highest BCUT2D eigenvalue weighted by Crippen LogP contribution is 2.13. The molecule has 0 heterocycles. The molecule has 0 saturated heterocycles. The molecule has 1 aromatic rings. The average molecular weight is 283 g/mol. The Morgan fingerprint density at radius 2 is 1.89 bits per heavy atom. The molecule has 0 radical (unpaired) electrons. The molecule has 0 aliphatic rings. The van der Waals surface area contributed by atoms with E-state index in [0.29, 0.717) is 17.0 Å². The third-order valence-corrected chi connectivity index (χ3v) is 4.15. The van der Waals surface area contributed by atoms with Gasteiger partial charge in [-0.1, -0.05) is 12.1 Å². The van der Waals surface area contributed by atoms with Crippen LogP contribution in [0.3, 0.4) is 0 Å².